The average Bonchev–Trinajstić information content (AvgIpc) is 3.24. The van der Waals surface area contributed by atoms with E-state index in [0.717, 1.165) is 22.2 Å². The minimum absolute atomic E-state index is 0.269. The summed E-state index contributed by atoms with van der Waals surface area (Å²) in [4.78, 5) is 40.3. The van der Waals surface area contributed by atoms with Gasteiger partial charge < -0.3 is 30.4 Å². The van der Waals surface area contributed by atoms with E-state index in [-0.39, 0.29) is 23.7 Å². The Labute approximate surface area is 191 Å². The van der Waals surface area contributed by atoms with Gasteiger partial charge in [0.25, 0.3) is 5.91 Å². The van der Waals surface area contributed by atoms with Crippen LogP contribution in [0.1, 0.15) is 22.3 Å². The van der Waals surface area contributed by atoms with Crippen molar-refractivity contribution < 1.29 is 23.9 Å². The number of ether oxygens (including phenoxy) is 2. The Morgan fingerprint density at radius 1 is 0.970 bits per heavy atom. The Hall–Kier alpha value is -3.85. The molecule has 0 aliphatic heterocycles. The molecule has 33 heavy (non-hydrogen) atoms. The van der Waals surface area contributed by atoms with Crippen molar-refractivity contribution in [2.24, 2.45) is 0 Å². The Balaban J connectivity index is 1.54. The summed E-state index contributed by atoms with van der Waals surface area (Å²) < 4.78 is 10.2. The lowest BCUT2D eigenvalue weighted by molar-refractivity contribution is -0.136. The highest BCUT2D eigenvalue weighted by Gasteiger charge is 2.17. The van der Waals surface area contributed by atoms with E-state index in [0.29, 0.717) is 26.0 Å². The van der Waals surface area contributed by atoms with Crippen molar-refractivity contribution in [3.8, 4) is 5.75 Å². The Kier molecular flexibility index (Phi) is 8.43. The molecule has 3 aromatic rings. The highest BCUT2D eigenvalue weighted by atomic mass is 16.5. The number of carbonyl (C=O) groups is 3. The maximum absolute atomic E-state index is 12.4. The first-order chi connectivity index (χ1) is 16.0. The second-order valence-electron chi connectivity index (χ2n) is 7.33. The first-order valence-electron chi connectivity index (χ1n) is 10.6. The summed E-state index contributed by atoms with van der Waals surface area (Å²) in [7, 11) is 3.20. The molecule has 1 heterocycles. The molecule has 0 saturated heterocycles. The van der Waals surface area contributed by atoms with Crippen LogP contribution >= 0.6 is 0 Å². The van der Waals surface area contributed by atoms with E-state index < -0.39 is 11.8 Å². The fourth-order valence-corrected chi connectivity index (χ4v) is 3.37. The van der Waals surface area contributed by atoms with Gasteiger partial charge in [0, 0.05) is 43.9 Å². The van der Waals surface area contributed by atoms with Gasteiger partial charge in [-0.05, 0) is 48.7 Å². The minimum Gasteiger partial charge on any atom is -0.497 e. The van der Waals surface area contributed by atoms with E-state index in [1.165, 1.54) is 0 Å². The smallest absolute Gasteiger partial charge is 0.313 e. The lowest BCUT2D eigenvalue weighted by atomic mass is 10.1. The van der Waals surface area contributed by atoms with Gasteiger partial charge >= 0.3 is 11.8 Å². The summed E-state index contributed by atoms with van der Waals surface area (Å²) in [5, 5.41) is 8.91. The van der Waals surface area contributed by atoms with Crippen LogP contribution in [-0.4, -0.2) is 56.6 Å². The van der Waals surface area contributed by atoms with Gasteiger partial charge in [-0.3, -0.25) is 14.4 Å². The summed E-state index contributed by atoms with van der Waals surface area (Å²) in [6.07, 6.45) is 3.08. The fourth-order valence-electron chi connectivity index (χ4n) is 3.37. The second kappa shape index (κ2) is 11.7. The van der Waals surface area contributed by atoms with E-state index in [2.05, 4.69) is 20.9 Å². The van der Waals surface area contributed by atoms with E-state index >= 15 is 0 Å². The maximum atomic E-state index is 12.4. The number of para-hydroxylation sites is 1. The molecule has 174 valence electrons. The van der Waals surface area contributed by atoms with Crippen molar-refractivity contribution in [3.05, 3.63) is 59.8 Å². The van der Waals surface area contributed by atoms with Crippen LogP contribution < -0.4 is 20.7 Å². The van der Waals surface area contributed by atoms with Gasteiger partial charge in [0.15, 0.2) is 0 Å². The first kappa shape index (κ1) is 23.8. The number of fused-ring (bicyclic) bond motifs is 1. The first-order valence-corrected chi connectivity index (χ1v) is 10.6. The number of hydrogen-bond donors (Lipinski definition) is 4. The van der Waals surface area contributed by atoms with Gasteiger partial charge in [0.1, 0.15) is 5.75 Å². The normalized spacial score (nSPS) is 10.6. The van der Waals surface area contributed by atoms with Crippen molar-refractivity contribution in [2.45, 2.75) is 12.8 Å². The lowest BCUT2D eigenvalue weighted by Crippen LogP contribution is -2.37. The molecule has 0 saturated carbocycles. The third-order valence-corrected chi connectivity index (χ3v) is 5.09. The van der Waals surface area contributed by atoms with E-state index in [1.54, 1.807) is 38.5 Å². The van der Waals surface area contributed by atoms with Gasteiger partial charge in [-0.25, -0.2) is 0 Å². The molecule has 2 aromatic carbocycles. The maximum Gasteiger partial charge on any atom is 0.313 e. The van der Waals surface area contributed by atoms with E-state index in [4.69, 9.17) is 9.47 Å². The second-order valence-corrected chi connectivity index (χ2v) is 7.33. The molecule has 0 unspecified atom stereocenters. The molecule has 0 aliphatic carbocycles. The number of aromatic amines is 1. The Morgan fingerprint density at radius 2 is 1.79 bits per heavy atom. The molecule has 3 amide bonds. The molecule has 0 radical (unpaired) electrons. The number of benzene rings is 2. The largest absolute Gasteiger partial charge is 0.497 e. The van der Waals surface area contributed by atoms with Crippen molar-refractivity contribution in [1.82, 2.24) is 15.6 Å². The summed E-state index contributed by atoms with van der Waals surface area (Å²) in [5.41, 5.74) is 2.52. The molecule has 0 fully saturated rings. The molecule has 4 N–H and O–H groups in total. The Morgan fingerprint density at radius 3 is 2.58 bits per heavy atom. The number of hydrogen-bond acceptors (Lipinski definition) is 5. The highest BCUT2D eigenvalue weighted by molar-refractivity contribution is 6.40. The number of carbonyl (C=O) groups excluding carboxylic acids is 3. The minimum atomic E-state index is -0.838. The molecule has 0 atom stereocenters. The van der Waals surface area contributed by atoms with E-state index in [1.807, 2.05) is 24.4 Å². The zero-order chi connectivity index (χ0) is 23.6. The predicted molar refractivity (Wildman–Crippen MR) is 125 cm³/mol. The number of H-pyrrole nitrogens is 1. The van der Waals surface area contributed by atoms with E-state index in [9.17, 15) is 14.4 Å². The number of nitrogens with one attached hydrogen (secondary N) is 4. The predicted octanol–water partition coefficient (Wildman–Crippen LogP) is 2.24. The zero-order valence-corrected chi connectivity index (χ0v) is 18.7. The Bertz CT molecular complexity index is 1120. The van der Waals surface area contributed by atoms with Gasteiger partial charge in [0.2, 0.25) is 0 Å². The van der Waals surface area contributed by atoms with Crippen molar-refractivity contribution >= 4 is 34.3 Å². The monoisotopic (exact) mass is 452 g/mol. The third kappa shape index (κ3) is 6.33. The summed E-state index contributed by atoms with van der Waals surface area (Å²) in [6, 6.07) is 12.3. The molecule has 0 aliphatic rings. The number of anilines is 1. The van der Waals surface area contributed by atoms with Gasteiger partial charge in [-0.2, -0.15) is 0 Å². The standard InChI is InChI=1S/C24H28N4O5/c1-32-13-5-11-25-22(29)18-6-3-4-7-21(18)28-24(31)23(30)26-12-10-16-15-27-20-9-8-17(33-2)14-19(16)20/h3-4,6-9,14-15,27H,5,10-13H2,1-2H3,(H,25,29)(H,26,30)(H,28,31). The topological polar surface area (TPSA) is 122 Å². The number of amides is 3. The quantitative estimate of drug-likeness (QED) is 0.278. The van der Waals surface area contributed by atoms with Gasteiger partial charge in [-0.15, -0.1) is 0 Å². The van der Waals surface area contributed by atoms with Crippen molar-refractivity contribution in [3.63, 3.8) is 0 Å². The SMILES string of the molecule is COCCCNC(=O)c1ccccc1NC(=O)C(=O)NCCc1c[nH]c2ccc(OC)cc12. The van der Waals surface area contributed by atoms with Crippen LogP contribution in [0.15, 0.2) is 48.7 Å². The molecule has 0 spiro atoms. The summed E-state index contributed by atoms with van der Waals surface area (Å²) >= 11 is 0. The van der Waals surface area contributed by atoms with Crippen LogP contribution in [0.5, 0.6) is 5.75 Å². The van der Waals surface area contributed by atoms with Crippen LogP contribution in [0.4, 0.5) is 5.69 Å². The van der Waals surface area contributed by atoms with Crippen molar-refractivity contribution in [1.29, 1.82) is 0 Å². The van der Waals surface area contributed by atoms with Crippen LogP contribution in [0.2, 0.25) is 0 Å². The van der Waals surface area contributed by atoms with Gasteiger partial charge in [-0.1, -0.05) is 12.1 Å². The molecule has 3 rings (SSSR count). The molecular weight excluding hydrogens is 424 g/mol. The third-order valence-electron chi connectivity index (χ3n) is 5.09. The van der Waals surface area contributed by atoms with Crippen LogP contribution in [0, 0.1) is 0 Å². The van der Waals surface area contributed by atoms with Crippen LogP contribution in [0.25, 0.3) is 10.9 Å². The summed E-state index contributed by atoms with van der Waals surface area (Å²) in [6.45, 7) is 1.25. The number of rotatable bonds is 10. The van der Waals surface area contributed by atoms with Crippen LogP contribution in [-0.2, 0) is 20.7 Å². The lowest BCUT2D eigenvalue weighted by Gasteiger charge is -2.11. The summed E-state index contributed by atoms with van der Waals surface area (Å²) in [5.74, 6) is -1.21. The average molecular weight is 453 g/mol. The molecule has 9 nitrogen and oxygen atoms in total. The number of methoxy groups -OCH3 is 2. The molecule has 9 heteroatoms. The zero-order valence-electron chi connectivity index (χ0n) is 18.7. The molecule has 0 bridgehead atoms. The number of aromatic nitrogens is 1. The fraction of sp³-hybridized carbons (Fsp3) is 0.292. The highest BCUT2D eigenvalue weighted by Crippen LogP contribution is 2.23. The van der Waals surface area contributed by atoms with Crippen molar-refractivity contribution in [2.75, 3.05) is 39.2 Å². The van der Waals surface area contributed by atoms with Gasteiger partial charge in [0.05, 0.1) is 18.4 Å². The van der Waals surface area contributed by atoms with Crippen LogP contribution in [0.3, 0.4) is 0 Å². The molecule has 1 aromatic heterocycles. The molecular formula is C24H28N4O5.